The lowest BCUT2D eigenvalue weighted by Gasteiger charge is -2.23. The van der Waals surface area contributed by atoms with Crippen molar-refractivity contribution in [2.45, 2.75) is 0 Å². The van der Waals surface area contributed by atoms with E-state index in [1.807, 2.05) is 237 Å². The Morgan fingerprint density at radius 2 is 0.511 bits per heavy atom. The molecule has 13 rings (SSSR count). The summed E-state index contributed by atoms with van der Waals surface area (Å²) < 4.78 is 0. The van der Waals surface area contributed by atoms with E-state index in [9.17, 15) is 0 Å². The Bertz CT molecular complexity index is 4370. The first-order valence-corrected chi connectivity index (χ1v) is 30.4. The maximum absolute atomic E-state index is 15.3. The lowest BCUT2D eigenvalue weighted by Crippen LogP contribution is -2.28. The summed E-state index contributed by atoms with van der Waals surface area (Å²) in [7, 11) is 6.84. The van der Waals surface area contributed by atoms with Gasteiger partial charge >= 0.3 is 0 Å². The molecule has 14 heteroatoms. The highest BCUT2D eigenvalue weighted by Gasteiger charge is 2.26. The summed E-state index contributed by atoms with van der Waals surface area (Å²) in [5.74, 6) is -0.935. The Morgan fingerprint density at radius 1 is 0.245 bits per heavy atom. The normalized spacial score (nSPS) is 10.9. The molecule has 0 saturated carbocycles. The second-order valence-electron chi connectivity index (χ2n) is 22.5. The first kappa shape index (κ1) is 60.2. The zero-order valence-electron chi connectivity index (χ0n) is 51.8. The van der Waals surface area contributed by atoms with Gasteiger partial charge in [-0.1, -0.05) is 115 Å². The molecule has 4 amide bonds. The molecular weight excluding hydrogens is 1160 g/mol. The highest BCUT2D eigenvalue weighted by atomic mass is 16.2. The molecule has 5 heterocycles. The van der Waals surface area contributed by atoms with Gasteiger partial charge in [0.2, 0.25) is 0 Å². The van der Waals surface area contributed by atoms with Crippen molar-refractivity contribution in [3.63, 3.8) is 0 Å². The maximum Gasteiger partial charge on any atom is 0.258 e. The molecule has 0 N–H and O–H groups in total. The average molecular weight is 1230 g/mol. The second kappa shape index (κ2) is 26.8. The minimum Gasteiger partial charge on any atom is -0.311 e. The van der Waals surface area contributed by atoms with E-state index in [4.69, 9.17) is 0 Å². The lowest BCUT2D eigenvalue weighted by atomic mass is 9.85. The standard InChI is InChI=1S/C80H60N10O4/c1-87(65-33-25-53(26-34-65)71-17-5-9-41-81-71)77(91)61-47-59(48-62(51-61)78(92)88(2)66-35-27-54(28-36-66)72-18-6-10-42-82-72)69-15-13-16-70(75(69)57-21-23-58(24-22-57)76-85-45-14-46-86-76)60-49-63(79(93)89(3)67-37-29-55(30-38-67)73-19-7-11-43-83-73)52-64(50-60)80(94)90(4)68-39-31-56(32-40-68)74-20-8-12-44-84-74/h5-52H,1-4H3. The molecule has 5 aromatic heterocycles. The summed E-state index contributed by atoms with van der Waals surface area (Å²) >= 11 is 0. The Hall–Kier alpha value is -12.7. The molecule has 0 spiro atoms. The van der Waals surface area contributed by atoms with Gasteiger partial charge < -0.3 is 19.6 Å². The number of hydrogen-bond donors (Lipinski definition) is 0. The van der Waals surface area contributed by atoms with E-state index in [-0.39, 0.29) is 45.9 Å². The summed E-state index contributed by atoms with van der Waals surface area (Å²) in [5.41, 5.74) is 14.8. The zero-order chi connectivity index (χ0) is 64.7. The van der Waals surface area contributed by atoms with Crippen molar-refractivity contribution in [3.05, 3.63) is 314 Å². The van der Waals surface area contributed by atoms with Crippen LogP contribution in [0.15, 0.2) is 292 Å². The summed E-state index contributed by atoms with van der Waals surface area (Å²) in [6.45, 7) is 0. The number of nitrogens with zero attached hydrogens (tertiary/aromatic N) is 10. The predicted octanol–water partition coefficient (Wildman–Crippen LogP) is 16.5. The fourth-order valence-corrected chi connectivity index (χ4v) is 11.4. The molecule has 14 nitrogen and oxygen atoms in total. The molecule has 0 aliphatic rings. The van der Waals surface area contributed by atoms with E-state index in [1.165, 1.54) is 0 Å². The van der Waals surface area contributed by atoms with Gasteiger partial charge in [-0.2, -0.15) is 0 Å². The molecule has 0 atom stereocenters. The molecule has 0 fully saturated rings. The van der Waals surface area contributed by atoms with Crippen molar-refractivity contribution in [1.82, 2.24) is 29.9 Å². The number of carbonyl (C=O) groups is 4. The van der Waals surface area contributed by atoms with Crippen molar-refractivity contribution in [3.8, 4) is 89.8 Å². The minimum atomic E-state index is -0.367. The minimum absolute atomic E-state index is 0.247. The van der Waals surface area contributed by atoms with Gasteiger partial charge in [0, 0.05) is 138 Å². The van der Waals surface area contributed by atoms with Gasteiger partial charge in [-0.15, -0.1) is 0 Å². The van der Waals surface area contributed by atoms with Gasteiger partial charge in [0.1, 0.15) is 0 Å². The number of pyridine rings is 4. The van der Waals surface area contributed by atoms with Crippen LogP contribution in [0.3, 0.4) is 0 Å². The highest BCUT2D eigenvalue weighted by Crippen LogP contribution is 2.43. The van der Waals surface area contributed by atoms with Crippen LogP contribution in [0.5, 0.6) is 0 Å². The quantitative estimate of drug-likeness (QED) is 0.0911. The molecule has 0 aliphatic carbocycles. The van der Waals surface area contributed by atoms with E-state index < -0.39 is 0 Å². The van der Waals surface area contributed by atoms with Crippen LogP contribution >= 0.6 is 0 Å². The summed E-state index contributed by atoms with van der Waals surface area (Å²) in [5, 5.41) is 0. The molecule has 0 unspecified atom stereocenters. The Labute approximate surface area is 544 Å². The van der Waals surface area contributed by atoms with Crippen LogP contribution in [-0.4, -0.2) is 81.7 Å². The third-order valence-corrected chi connectivity index (χ3v) is 16.6. The number of carbonyl (C=O) groups excluding carboxylic acids is 4. The van der Waals surface area contributed by atoms with Crippen LogP contribution in [0.2, 0.25) is 0 Å². The lowest BCUT2D eigenvalue weighted by molar-refractivity contribution is 0.0978. The summed E-state index contributed by atoms with van der Waals surface area (Å²) in [4.78, 5) is 94.4. The van der Waals surface area contributed by atoms with Gasteiger partial charge in [0.15, 0.2) is 5.82 Å². The SMILES string of the molecule is CN(C(=O)c1cc(C(=O)N(C)c2ccc(-c3ccccn3)cc2)cc(-c2cccc(-c3cc(C(=O)N(C)c4ccc(-c5ccccn5)cc4)cc(C(=O)N(C)c4ccc(-c5ccccn5)cc4)c3)c2-c2ccc(-c3ncccn3)cc2)c1)c1ccc(-c2ccccn2)cc1. The van der Waals surface area contributed by atoms with Crippen molar-refractivity contribution in [2.75, 3.05) is 47.8 Å². The van der Waals surface area contributed by atoms with Crippen LogP contribution in [0, 0.1) is 0 Å². The van der Waals surface area contributed by atoms with Gasteiger partial charge in [-0.3, -0.25) is 39.1 Å². The first-order valence-electron chi connectivity index (χ1n) is 30.4. The number of benzene rings is 8. The van der Waals surface area contributed by atoms with Crippen molar-refractivity contribution in [2.24, 2.45) is 0 Å². The van der Waals surface area contributed by atoms with Crippen molar-refractivity contribution < 1.29 is 19.2 Å². The van der Waals surface area contributed by atoms with E-state index in [1.54, 1.807) is 103 Å². The molecule has 0 saturated heterocycles. The number of rotatable bonds is 16. The van der Waals surface area contributed by atoms with Crippen molar-refractivity contribution in [1.29, 1.82) is 0 Å². The molecule has 94 heavy (non-hydrogen) atoms. The smallest absolute Gasteiger partial charge is 0.258 e. The van der Waals surface area contributed by atoms with Gasteiger partial charge in [-0.05, 0) is 173 Å². The molecular formula is C80H60N10O4. The van der Waals surface area contributed by atoms with E-state index in [2.05, 4.69) is 29.9 Å². The fourth-order valence-electron chi connectivity index (χ4n) is 11.4. The van der Waals surface area contributed by atoms with Gasteiger partial charge in [-0.25, -0.2) is 9.97 Å². The van der Waals surface area contributed by atoms with Crippen LogP contribution < -0.4 is 19.6 Å². The topological polar surface area (TPSA) is 159 Å². The molecule has 0 aliphatic heterocycles. The van der Waals surface area contributed by atoms with Crippen LogP contribution in [0.4, 0.5) is 22.7 Å². The Morgan fingerprint density at radius 3 is 0.787 bits per heavy atom. The van der Waals surface area contributed by atoms with Crippen molar-refractivity contribution >= 4 is 46.4 Å². The van der Waals surface area contributed by atoms with E-state index >= 15 is 19.2 Å². The van der Waals surface area contributed by atoms with Crippen LogP contribution in [0.1, 0.15) is 41.4 Å². The van der Waals surface area contributed by atoms with E-state index in [0.29, 0.717) is 56.4 Å². The summed E-state index contributed by atoms with van der Waals surface area (Å²) in [6, 6.07) is 79.2. The Balaban J connectivity index is 0.963. The fraction of sp³-hybridized carbons (Fsp3) is 0.0500. The van der Waals surface area contributed by atoms with Crippen LogP contribution in [-0.2, 0) is 0 Å². The molecule has 0 radical (unpaired) electrons. The number of amides is 4. The molecule has 0 bridgehead atoms. The Kier molecular flexibility index (Phi) is 17.2. The van der Waals surface area contributed by atoms with E-state index in [0.717, 1.165) is 56.2 Å². The third-order valence-electron chi connectivity index (χ3n) is 16.6. The highest BCUT2D eigenvalue weighted by molar-refractivity contribution is 6.14. The number of aromatic nitrogens is 6. The number of anilines is 4. The maximum atomic E-state index is 15.3. The molecule has 454 valence electrons. The average Bonchev–Trinajstić information content (AvgIpc) is 0.771. The largest absolute Gasteiger partial charge is 0.311 e. The third kappa shape index (κ3) is 12.8. The molecule has 13 aromatic rings. The monoisotopic (exact) mass is 1220 g/mol. The predicted molar refractivity (Wildman–Crippen MR) is 373 cm³/mol. The molecule has 8 aromatic carbocycles. The second-order valence-corrected chi connectivity index (χ2v) is 22.5. The van der Waals surface area contributed by atoms with Gasteiger partial charge in [0.25, 0.3) is 23.6 Å². The first-order chi connectivity index (χ1) is 45.9. The number of hydrogen-bond acceptors (Lipinski definition) is 10. The van der Waals surface area contributed by atoms with Gasteiger partial charge in [0.05, 0.1) is 22.8 Å². The zero-order valence-corrected chi connectivity index (χ0v) is 51.8. The summed E-state index contributed by atoms with van der Waals surface area (Å²) in [6.07, 6.45) is 10.3. The van der Waals surface area contributed by atoms with Crippen LogP contribution in [0.25, 0.3) is 89.8 Å².